The van der Waals surface area contributed by atoms with Crippen LogP contribution in [0.5, 0.6) is 0 Å². The van der Waals surface area contributed by atoms with Crippen molar-refractivity contribution in [2.24, 2.45) is 11.8 Å². The molecule has 5 atom stereocenters. The predicted molar refractivity (Wildman–Crippen MR) is 442 cm³/mol. The number of phosphoric acid groups is 2. The zero-order valence-electron chi connectivity index (χ0n) is 70.5. The molecule has 0 aliphatic rings. The first kappa shape index (κ1) is 105. The van der Waals surface area contributed by atoms with Crippen molar-refractivity contribution in [2.75, 3.05) is 39.6 Å². The highest BCUT2D eigenvalue weighted by Gasteiger charge is 2.30. The molecule has 0 aromatic heterocycles. The summed E-state index contributed by atoms with van der Waals surface area (Å²) in [5, 5.41) is 10.7. The van der Waals surface area contributed by atoms with Crippen molar-refractivity contribution in [1.29, 1.82) is 0 Å². The van der Waals surface area contributed by atoms with Crippen LogP contribution in [0.4, 0.5) is 0 Å². The lowest BCUT2D eigenvalue weighted by atomic mass is 10.0. The summed E-state index contributed by atoms with van der Waals surface area (Å²) in [6, 6.07) is 0. The minimum Gasteiger partial charge on any atom is -0.462 e. The van der Waals surface area contributed by atoms with Crippen LogP contribution in [-0.4, -0.2) is 96.7 Å². The van der Waals surface area contributed by atoms with Crippen molar-refractivity contribution < 1.29 is 80.2 Å². The molecule has 0 aliphatic heterocycles. The highest BCUT2D eigenvalue weighted by Crippen LogP contribution is 2.45. The van der Waals surface area contributed by atoms with Crippen LogP contribution in [-0.2, 0) is 65.4 Å². The van der Waals surface area contributed by atoms with Crippen molar-refractivity contribution in [3.05, 3.63) is 0 Å². The van der Waals surface area contributed by atoms with Gasteiger partial charge in [-0.05, 0) is 37.5 Å². The van der Waals surface area contributed by atoms with E-state index in [1.165, 1.54) is 289 Å². The zero-order valence-corrected chi connectivity index (χ0v) is 72.2. The third kappa shape index (κ3) is 81.9. The summed E-state index contributed by atoms with van der Waals surface area (Å²) in [5.74, 6) is -0.505. The van der Waals surface area contributed by atoms with E-state index in [4.69, 9.17) is 37.0 Å². The van der Waals surface area contributed by atoms with Gasteiger partial charge in [0.15, 0.2) is 12.2 Å². The number of unbranched alkanes of at least 4 members (excludes halogenated alkanes) is 57. The number of ether oxygens (including phenoxy) is 4. The van der Waals surface area contributed by atoms with E-state index in [2.05, 4.69) is 41.5 Å². The third-order valence-electron chi connectivity index (χ3n) is 20.7. The second-order valence-corrected chi connectivity index (χ2v) is 35.5. The molecule has 19 heteroatoms. The maximum absolute atomic E-state index is 13.2. The maximum Gasteiger partial charge on any atom is 0.472 e. The van der Waals surface area contributed by atoms with Crippen molar-refractivity contribution >= 4 is 39.5 Å². The first-order valence-corrected chi connectivity index (χ1v) is 48.5. The van der Waals surface area contributed by atoms with E-state index in [0.717, 1.165) is 102 Å². The van der Waals surface area contributed by atoms with Gasteiger partial charge in [0.05, 0.1) is 26.4 Å². The predicted octanol–water partition coefficient (Wildman–Crippen LogP) is 27.0. The summed E-state index contributed by atoms with van der Waals surface area (Å²) >= 11 is 0. The van der Waals surface area contributed by atoms with Crippen LogP contribution < -0.4 is 0 Å². The van der Waals surface area contributed by atoms with E-state index < -0.39 is 97.5 Å². The van der Waals surface area contributed by atoms with E-state index >= 15 is 0 Å². The second-order valence-electron chi connectivity index (χ2n) is 32.6. The Morgan fingerprint density at radius 1 is 0.252 bits per heavy atom. The Bertz CT molecular complexity index is 2050. The van der Waals surface area contributed by atoms with Crippen LogP contribution in [0.1, 0.15) is 472 Å². The Labute approximate surface area is 658 Å². The van der Waals surface area contributed by atoms with E-state index in [-0.39, 0.29) is 25.7 Å². The van der Waals surface area contributed by atoms with Crippen LogP contribution in [0.2, 0.25) is 0 Å². The number of carbonyl (C=O) groups is 4. The van der Waals surface area contributed by atoms with Crippen LogP contribution in [0.25, 0.3) is 0 Å². The number of aliphatic hydroxyl groups is 1. The topological polar surface area (TPSA) is 237 Å². The Hall–Kier alpha value is -1.94. The van der Waals surface area contributed by atoms with Gasteiger partial charge in [-0.15, -0.1) is 0 Å². The normalized spacial score (nSPS) is 13.8. The Morgan fingerprint density at radius 3 is 0.636 bits per heavy atom. The van der Waals surface area contributed by atoms with Crippen molar-refractivity contribution in [2.45, 2.75) is 490 Å². The van der Waals surface area contributed by atoms with Crippen molar-refractivity contribution in [3.8, 4) is 0 Å². The Balaban J connectivity index is 5.25. The summed E-state index contributed by atoms with van der Waals surface area (Å²) in [7, 11) is -9.93. The van der Waals surface area contributed by atoms with E-state index in [9.17, 15) is 43.2 Å². The molecule has 17 nitrogen and oxygen atoms in total. The van der Waals surface area contributed by atoms with Gasteiger partial charge < -0.3 is 33.8 Å². The molecule has 0 amide bonds. The molecule has 0 heterocycles. The van der Waals surface area contributed by atoms with Gasteiger partial charge in [-0.1, -0.05) is 420 Å². The summed E-state index contributed by atoms with van der Waals surface area (Å²) < 4.78 is 69.0. The highest BCUT2D eigenvalue weighted by molar-refractivity contribution is 7.47. The van der Waals surface area contributed by atoms with E-state index in [1.54, 1.807) is 0 Å². The summed E-state index contributed by atoms with van der Waals surface area (Å²) in [4.78, 5) is 73.3. The SMILES string of the molecule is CCCCCCCCCCCCCCCCCCCCCCCC(=O)O[C@H](COC(=O)CCCCCCCCCCCCCCCCCC(C)C)COP(=O)(O)OC[C@@H](O)COP(=O)(O)OC[C@@H](COC(=O)CCCCCCCCCCCCCC)OC(=O)CCCCCCCCCCCCCCCC(C)C. The second kappa shape index (κ2) is 79.3. The molecular formula is C88H172O17P2. The van der Waals surface area contributed by atoms with Gasteiger partial charge in [0.25, 0.3) is 0 Å². The molecule has 107 heavy (non-hydrogen) atoms. The van der Waals surface area contributed by atoms with Gasteiger partial charge in [0.2, 0.25) is 0 Å². The molecule has 0 spiro atoms. The number of hydrogen-bond acceptors (Lipinski definition) is 15. The molecule has 636 valence electrons. The highest BCUT2D eigenvalue weighted by atomic mass is 31.2. The Kier molecular flexibility index (Phi) is 77.9. The van der Waals surface area contributed by atoms with E-state index in [1.807, 2.05) is 0 Å². The Morgan fingerprint density at radius 2 is 0.430 bits per heavy atom. The minimum atomic E-state index is -4.97. The van der Waals surface area contributed by atoms with E-state index in [0.29, 0.717) is 25.7 Å². The lowest BCUT2D eigenvalue weighted by Gasteiger charge is -2.21. The van der Waals surface area contributed by atoms with Gasteiger partial charge in [-0.25, -0.2) is 9.13 Å². The van der Waals surface area contributed by atoms with Gasteiger partial charge in [-0.2, -0.15) is 0 Å². The fraction of sp³-hybridized carbons (Fsp3) is 0.955. The standard InChI is InChI=1S/C88H172O17P2/c1-7-9-11-13-15-17-19-21-22-23-24-25-26-27-30-36-42-48-54-60-66-72-87(92)104-84(77-99-86(91)71-65-59-53-47-41-35-31-28-29-33-38-44-50-56-62-68-80(3)4)79-103-107(96,97)101-75-82(89)74-100-106(94,95)102-78-83(76-98-85(90)70-64-58-52-46-40-20-18-16-14-12-10-8-2)105-88(93)73-67-61-55-49-43-37-32-34-39-45-51-57-63-69-81(5)6/h80-84,89H,7-79H2,1-6H3,(H,94,95)(H,96,97)/t82-,83+,84+/m0/s1. The number of carbonyl (C=O) groups excluding carboxylic acids is 4. The third-order valence-corrected chi connectivity index (χ3v) is 22.6. The lowest BCUT2D eigenvalue weighted by molar-refractivity contribution is -0.161. The van der Waals surface area contributed by atoms with Gasteiger partial charge in [0.1, 0.15) is 19.3 Å². The van der Waals surface area contributed by atoms with Crippen LogP contribution in [0.3, 0.4) is 0 Å². The molecule has 0 rings (SSSR count). The lowest BCUT2D eigenvalue weighted by Crippen LogP contribution is -2.30. The average molecular weight is 1560 g/mol. The molecule has 0 saturated heterocycles. The molecule has 0 aliphatic carbocycles. The average Bonchev–Trinajstić information content (AvgIpc) is 0.917. The minimum absolute atomic E-state index is 0.108. The molecule has 0 aromatic carbocycles. The smallest absolute Gasteiger partial charge is 0.462 e. The molecule has 0 fully saturated rings. The zero-order chi connectivity index (χ0) is 78.5. The molecule has 3 N–H and O–H groups in total. The first-order chi connectivity index (χ1) is 51.9. The molecular weight excluding hydrogens is 1390 g/mol. The fourth-order valence-electron chi connectivity index (χ4n) is 13.8. The van der Waals surface area contributed by atoms with Gasteiger partial charge in [-0.3, -0.25) is 37.3 Å². The van der Waals surface area contributed by atoms with Gasteiger partial charge >= 0.3 is 39.5 Å². The number of esters is 4. The summed E-state index contributed by atoms with van der Waals surface area (Å²) in [6.45, 7) is 9.73. The molecule has 2 unspecified atom stereocenters. The van der Waals surface area contributed by atoms with Crippen molar-refractivity contribution in [3.63, 3.8) is 0 Å². The van der Waals surface area contributed by atoms with Crippen LogP contribution in [0, 0.1) is 11.8 Å². The fourth-order valence-corrected chi connectivity index (χ4v) is 15.4. The largest absolute Gasteiger partial charge is 0.472 e. The van der Waals surface area contributed by atoms with Gasteiger partial charge in [0, 0.05) is 25.7 Å². The summed E-state index contributed by atoms with van der Waals surface area (Å²) in [5.41, 5.74) is 0. The molecule has 0 bridgehead atoms. The summed E-state index contributed by atoms with van der Waals surface area (Å²) in [6.07, 6.45) is 72.2. The number of aliphatic hydroxyl groups excluding tert-OH is 1. The quantitative estimate of drug-likeness (QED) is 0.0222. The monoisotopic (exact) mass is 1560 g/mol. The van der Waals surface area contributed by atoms with Crippen molar-refractivity contribution in [1.82, 2.24) is 0 Å². The molecule has 0 saturated carbocycles. The number of rotatable bonds is 87. The number of phosphoric ester groups is 2. The van der Waals surface area contributed by atoms with Crippen LogP contribution >= 0.6 is 15.6 Å². The maximum atomic E-state index is 13.2. The first-order valence-electron chi connectivity index (χ1n) is 45.5. The van der Waals surface area contributed by atoms with Crippen LogP contribution in [0.15, 0.2) is 0 Å². The number of hydrogen-bond donors (Lipinski definition) is 3. The molecule has 0 radical (unpaired) electrons. The molecule has 0 aromatic rings.